The summed E-state index contributed by atoms with van der Waals surface area (Å²) in [6.07, 6.45) is 2.22. The summed E-state index contributed by atoms with van der Waals surface area (Å²) in [5, 5.41) is 6.59. The van der Waals surface area contributed by atoms with Crippen LogP contribution in [-0.2, 0) is 9.53 Å². The number of hydrogen-bond acceptors (Lipinski definition) is 4. The molecule has 6 nitrogen and oxygen atoms in total. The van der Waals surface area contributed by atoms with Gasteiger partial charge in [0.05, 0.1) is 7.11 Å². The van der Waals surface area contributed by atoms with Crippen LogP contribution in [0.1, 0.15) is 47.0 Å². The Balaban J connectivity index is 0. The van der Waals surface area contributed by atoms with Crippen molar-refractivity contribution in [3.63, 3.8) is 0 Å². The first-order chi connectivity index (χ1) is 10.4. The number of aliphatic imine (C=N–C) groups is 1. The van der Waals surface area contributed by atoms with Crippen molar-refractivity contribution >= 4 is 35.9 Å². The van der Waals surface area contributed by atoms with E-state index >= 15 is 0 Å². The lowest BCUT2D eigenvalue weighted by molar-refractivity contribution is -0.140. The molecule has 0 atom stereocenters. The highest BCUT2D eigenvalue weighted by molar-refractivity contribution is 14.0. The van der Waals surface area contributed by atoms with Gasteiger partial charge in [0.2, 0.25) is 0 Å². The van der Waals surface area contributed by atoms with E-state index in [9.17, 15) is 4.79 Å². The summed E-state index contributed by atoms with van der Waals surface area (Å²) in [6, 6.07) is 1.07. The molecular formula is C16H35IN4O2. The molecule has 138 valence electrons. The van der Waals surface area contributed by atoms with E-state index in [0.717, 1.165) is 38.4 Å². The van der Waals surface area contributed by atoms with E-state index in [0.29, 0.717) is 18.5 Å². The third-order valence-corrected chi connectivity index (χ3v) is 3.54. The molecule has 0 unspecified atom stereocenters. The average molecular weight is 442 g/mol. The van der Waals surface area contributed by atoms with Crippen molar-refractivity contribution in [3.8, 4) is 0 Å². The lowest BCUT2D eigenvalue weighted by Gasteiger charge is -2.30. The van der Waals surface area contributed by atoms with Gasteiger partial charge in [0.15, 0.2) is 5.96 Å². The standard InChI is InChI=1S/C16H34N4O2.HI/c1-13(2)20(14(3)4)12-11-19-16(17-5)18-10-8-7-9-15(21)22-6;/h13-14H,7-12H2,1-6H3,(H2,17,18,19);1H. The Hall–Kier alpha value is -0.570. The van der Waals surface area contributed by atoms with Crippen molar-refractivity contribution in [1.29, 1.82) is 0 Å². The number of carbonyl (C=O) groups excluding carboxylic acids is 1. The summed E-state index contributed by atoms with van der Waals surface area (Å²) >= 11 is 0. The lowest BCUT2D eigenvalue weighted by atomic mass is 10.2. The minimum absolute atomic E-state index is 0. The number of nitrogens with zero attached hydrogens (tertiary/aromatic N) is 2. The average Bonchev–Trinajstić information content (AvgIpc) is 2.47. The number of ether oxygens (including phenoxy) is 1. The van der Waals surface area contributed by atoms with Gasteiger partial charge < -0.3 is 15.4 Å². The van der Waals surface area contributed by atoms with Crippen molar-refractivity contribution in [3.05, 3.63) is 0 Å². The molecule has 0 aromatic carbocycles. The van der Waals surface area contributed by atoms with Crippen LogP contribution in [0.5, 0.6) is 0 Å². The van der Waals surface area contributed by atoms with Crippen molar-refractivity contribution in [1.82, 2.24) is 15.5 Å². The van der Waals surface area contributed by atoms with Crippen LogP contribution in [0, 0.1) is 0 Å². The van der Waals surface area contributed by atoms with Gasteiger partial charge in [0.1, 0.15) is 0 Å². The number of nitrogens with one attached hydrogen (secondary N) is 2. The van der Waals surface area contributed by atoms with Crippen molar-refractivity contribution in [2.24, 2.45) is 4.99 Å². The molecule has 0 rings (SSSR count). The Labute approximate surface area is 158 Å². The Morgan fingerprint density at radius 2 is 1.65 bits per heavy atom. The Morgan fingerprint density at radius 3 is 2.13 bits per heavy atom. The first-order valence-corrected chi connectivity index (χ1v) is 8.19. The zero-order chi connectivity index (χ0) is 17.0. The van der Waals surface area contributed by atoms with Crippen LogP contribution in [0.2, 0.25) is 0 Å². The maximum Gasteiger partial charge on any atom is 0.305 e. The van der Waals surface area contributed by atoms with Gasteiger partial charge in [-0.2, -0.15) is 0 Å². The summed E-state index contributed by atoms with van der Waals surface area (Å²) in [4.78, 5) is 17.6. The summed E-state index contributed by atoms with van der Waals surface area (Å²) in [5.74, 6) is 0.662. The van der Waals surface area contributed by atoms with Gasteiger partial charge in [-0.25, -0.2) is 0 Å². The smallest absolute Gasteiger partial charge is 0.305 e. The van der Waals surface area contributed by atoms with Gasteiger partial charge in [-0.1, -0.05) is 0 Å². The second-order valence-corrected chi connectivity index (χ2v) is 5.88. The molecule has 0 saturated carbocycles. The normalized spacial score (nSPS) is 11.6. The zero-order valence-electron chi connectivity index (χ0n) is 15.5. The molecule has 0 spiro atoms. The third-order valence-electron chi connectivity index (χ3n) is 3.54. The molecule has 0 saturated heterocycles. The van der Waals surface area contributed by atoms with Gasteiger partial charge in [-0.3, -0.25) is 14.7 Å². The predicted octanol–water partition coefficient (Wildman–Crippen LogP) is 2.23. The summed E-state index contributed by atoms with van der Waals surface area (Å²) in [5.41, 5.74) is 0. The van der Waals surface area contributed by atoms with Crippen LogP contribution in [-0.4, -0.2) is 62.7 Å². The quantitative estimate of drug-likeness (QED) is 0.179. The number of hydrogen-bond donors (Lipinski definition) is 2. The molecule has 0 aromatic heterocycles. The maximum atomic E-state index is 11.0. The Bertz CT molecular complexity index is 328. The van der Waals surface area contributed by atoms with Crippen LogP contribution in [0.25, 0.3) is 0 Å². The van der Waals surface area contributed by atoms with Crippen LogP contribution in [0.15, 0.2) is 4.99 Å². The first-order valence-electron chi connectivity index (χ1n) is 8.19. The fourth-order valence-electron chi connectivity index (χ4n) is 2.34. The van der Waals surface area contributed by atoms with Crippen LogP contribution in [0.4, 0.5) is 0 Å². The molecule has 0 aliphatic heterocycles. The van der Waals surface area contributed by atoms with E-state index in [-0.39, 0.29) is 29.9 Å². The van der Waals surface area contributed by atoms with E-state index in [1.807, 2.05) is 0 Å². The van der Waals surface area contributed by atoms with Crippen molar-refractivity contribution in [2.75, 3.05) is 33.8 Å². The van der Waals surface area contributed by atoms with Gasteiger partial charge in [-0.05, 0) is 40.5 Å². The van der Waals surface area contributed by atoms with Gasteiger partial charge in [-0.15, -0.1) is 24.0 Å². The lowest BCUT2D eigenvalue weighted by Crippen LogP contribution is -2.45. The number of methoxy groups -OCH3 is 1. The van der Waals surface area contributed by atoms with Gasteiger partial charge in [0.25, 0.3) is 0 Å². The fraction of sp³-hybridized carbons (Fsp3) is 0.875. The van der Waals surface area contributed by atoms with E-state index < -0.39 is 0 Å². The van der Waals surface area contributed by atoms with Crippen LogP contribution < -0.4 is 10.6 Å². The number of rotatable bonds is 10. The summed E-state index contributed by atoms with van der Waals surface area (Å²) < 4.78 is 4.61. The molecule has 0 aliphatic rings. The molecular weight excluding hydrogens is 407 g/mol. The SMILES string of the molecule is CN=C(NCCCCC(=O)OC)NCCN(C(C)C)C(C)C.I. The number of halogens is 1. The number of esters is 1. The fourth-order valence-corrected chi connectivity index (χ4v) is 2.34. The van der Waals surface area contributed by atoms with Crippen LogP contribution in [0.3, 0.4) is 0 Å². The Morgan fingerprint density at radius 1 is 1.09 bits per heavy atom. The minimum atomic E-state index is -0.148. The number of unbranched alkanes of at least 4 members (excludes halogenated alkanes) is 1. The zero-order valence-corrected chi connectivity index (χ0v) is 17.8. The second kappa shape index (κ2) is 15.0. The summed E-state index contributed by atoms with van der Waals surface area (Å²) in [6.45, 7) is 11.5. The molecule has 7 heteroatoms. The number of carbonyl (C=O) groups is 1. The summed E-state index contributed by atoms with van der Waals surface area (Å²) in [7, 11) is 3.19. The van der Waals surface area contributed by atoms with Crippen LogP contribution >= 0.6 is 24.0 Å². The van der Waals surface area contributed by atoms with E-state index in [1.165, 1.54) is 7.11 Å². The number of guanidine groups is 1. The molecule has 0 radical (unpaired) electrons. The highest BCUT2D eigenvalue weighted by Gasteiger charge is 2.12. The Kier molecular flexibility index (Phi) is 16.1. The molecule has 0 aliphatic carbocycles. The largest absolute Gasteiger partial charge is 0.469 e. The molecule has 0 amide bonds. The minimum Gasteiger partial charge on any atom is -0.469 e. The molecule has 2 N–H and O–H groups in total. The molecule has 23 heavy (non-hydrogen) atoms. The molecule has 0 aromatic rings. The highest BCUT2D eigenvalue weighted by atomic mass is 127. The molecule has 0 bridgehead atoms. The van der Waals surface area contributed by atoms with Crippen molar-refractivity contribution in [2.45, 2.75) is 59.0 Å². The van der Waals surface area contributed by atoms with E-state index in [2.05, 4.69) is 53.0 Å². The third kappa shape index (κ3) is 12.5. The first kappa shape index (κ1) is 24.7. The van der Waals surface area contributed by atoms with E-state index in [4.69, 9.17) is 0 Å². The highest BCUT2D eigenvalue weighted by Crippen LogP contribution is 2.03. The topological polar surface area (TPSA) is 66.0 Å². The maximum absolute atomic E-state index is 11.0. The van der Waals surface area contributed by atoms with Crippen molar-refractivity contribution < 1.29 is 9.53 Å². The van der Waals surface area contributed by atoms with Gasteiger partial charge >= 0.3 is 5.97 Å². The monoisotopic (exact) mass is 442 g/mol. The van der Waals surface area contributed by atoms with Gasteiger partial charge in [0, 0.05) is 45.2 Å². The second-order valence-electron chi connectivity index (χ2n) is 5.88. The molecule has 0 heterocycles. The predicted molar refractivity (Wildman–Crippen MR) is 108 cm³/mol. The molecule has 0 fully saturated rings. The van der Waals surface area contributed by atoms with E-state index in [1.54, 1.807) is 7.05 Å².